The van der Waals surface area contributed by atoms with Gasteiger partial charge in [-0.25, -0.2) is 4.79 Å². The van der Waals surface area contributed by atoms with Crippen molar-refractivity contribution < 1.29 is 24.0 Å². The predicted octanol–water partition coefficient (Wildman–Crippen LogP) is 3.75. The second-order valence-corrected chi connectivity index (χ2v) is 5.24. The van der Waals surface area contributed by atoms with Crippen LogP contribution in [-0.2, 0) is 6.42 Å². The normalized spacial score (nSPS) is 10.0. The number of rotatable bonds is 8. The molecule has 0 heterocycles. The van der Waals surface area contributed by atoms with Gasteiger partial charge in [0, 0.05) is 23.3 Å². The smallest absolute Gasteiger partial charge is 0.343 e. The number of nitro benzene ring substituents is 1. The Kier molecular flexibility index (Phi) is 6.21. The minimum absolute atomic E-state index is 0.126. The summed E-state index contributed by atoms with van der Waals surface area (Å²) in [4.78, 5) is 33.7. The summed E-state index contributed by atoms with van der Waals surface area (Å²) in [6.07, 6.45) is 2.66. The van der Waals surface area contributed by atoms with Gasteiger partial charge in [-0.1, -0.05) is 6.08 Å². The Morgan fingerprint density at radius 3 is 2.50 bits per heavy atom. The summed E-state index contributed by atoms with van der Waals surface area (Å²) in [7, 11) is 0. The number of esters is 1. The third-order valence-corrected chi connectivity index (χ3v) is 3.46. The van der Waals surface area contributed by atoms with Crippen molar-refractivity contribution in [3.63, 3.8) is 0 Å². The Hall–Kier alpha value is -3.48. The molecule has 0 spiro atoms. The van der Waals surface area contributed by atoms with Crippen LogP contribution in [0.25, 0.3) is 0 Å². The lowest BCUT2D eigenvalue weighted by Gasteiger charge is -2.15. The Morgan fingerprint density at radius 1 is 1.27 bits per heavy atom. The number of carbonyl (C=O) groups is 2. The monoisotopic (exact) mass is 355 g/mol. The highest BCUT2D eigenvalue weighted by atomic mass is 16.6. The summed E-state index contributed by atoms with van der Waals surface area (Å²) in [6, 6.07) is 8.15. The Labute approximate surface area is 150 Å². The number of nitro groups is 1. The quantitative estimate of drug-likeness (QED) is 0.179. The molecule has 7 nitrogen and oxygen atoms in total. The summed E-state index contributed by atoms with van der Waals surface area (Å²) < 4.78 is 11.0. The van der Waals surface area contributed by atoms with Gasteiger partial charge in [0.2, 0.25) is 0 Å². The lowest BCUT2D eigenvalue weighted by Crippen LogP contribution is -2.11. The van der Waals surface area contributed by atoms with Gasteiger partial charge in [-0.2, -0.15) is 0 Å². The van der Waals surface area contributed by atoms with Gasteiger partial charge in [0.1, 0.15) is 6.29 Å². The summed E-state index contributed by atoms with van der Waals surface area (Å²) in [5.74, 6) is -0.227. The highest BCUT2D eigenvalue weighted by molar-refractivity contribution is 5.92. The summed E-state index contributed by atoms with van der Waals surface area (Å²) >= 11 is 0. The number of non-ortho nitro benzene ring substituents is 1. The Morgan fingerprint density at radius 2 is 1.96 bits per heavy atom. The van der Waals surface area contributed by atoms with Gasteiger partial charge in [0.15, 0.2) is 11.5 Å². The number of hydrogen-bond acceptors (Lipinski definition) is 6. The molecule has 0 aromatic heterocycles. The molecule has 0 aliphatic heterocycles. The number of benzene rings is 2. The molecule has 0 saturated heterocycles. The zero-order chi connectivity index (χ0) is 19.1. The fourth-order valence-corrected chi connectivity index (χ4v) is 2.31. The van der Waals surface area contributed by atoms with E-state index in [9.17, 15) is 19.7 Å². The van der Waals surface area contributed by atoms with Crippen LogP contribution in [0.2, 0.25) is 0 Å². The van der Waals surface area contributed by atoms with E-state index >= 15 is 0 Å². The Bertz CT molecular complexity index is 842. The molecule has 0 saturated carbocycles. The fourth-order valence-electron chi connectivity index (χ4n) is 2.31. The maximum absolute atomic E-state index is 12.4. The first-order valence-corrected chi connectivity index (χ1v) is 7.82. The summed E-state index contributed by atoms with van der Waals surface area (Å²) in [5.41, 5.74) is 0.991. The van der Waals surface area contributed by atoms with Crippen molar-refractivity contribution in [3.8, 4) is 11.5 Å². The maximum Gasteiger partial charge on any atom is 0.343 e. The second kappa shape index (κ2) is 8.57. The summed E-state index contributed by atoms with van der Waals surface area (Å²) in [5, 5.41) is 10.7. The van der Waals surface area contributed by atoms with E-state index in [1.165, 1.54) is 30.3 Å². The van der Waals surface area contributed by atoms with Gasteiger partial charge in [-0.15, -0.1) is 6.58 Å². The number of hydrogen-bond donors (Lipinski definition) is 0. The first kappa shape index (κ1) is 18.9. The standard InChI is InChI=1S/C19H17NO6/c1-3-5-15-10-13(12-21)11-17(25-4-2)18(15)26-19(22)14-6-8-16(9-7-14)20(23)24/h3,6-12H,1,4-5H2,2H3. The number of allylic oxidation sites excluding steroid dienone is 1. The van der Waals surface area contributed by atoms with E-state index in [0.717, 1.165) is 0 Å². The predicted molar refractivity (Wildman–Crippen MR) is 95.0 cm³/mol. The van der Waals surface area contributed by atoms with Crippen LogP contribution >= 0.6 is 0 Å². The van der Waals surface area contributed by atoms with Crippen LogP contribution in [0.3, 0.4) is 0 Å². The number of carbonyl (C=O) groups excluding carboxylic acids is 2. The molecule has 0 unspecified atom stereocenters. The van der Waals surface area contributed by atoms with Crippen molar-refractivity contribution in [2.24, 2.45) is 0 Å². The molecule has 0 aliphatic carbocycles. The molecular weight excluding hydrogens is 338 g/mol. The molecule has 0 atom stereocenters. The van der Waals surface area contributed by atoms with Crippen LogP contribution in [0, 0.1) is 10.1 Å². The van der Waals surface area contributed by atoms with Crippen molar-refractivity contribution in [2.75, 3.05) is 6.61 Å². The molecule has 0 radical (unpaired) electrons. The molecule has 0 fully saturated rings. The zero-order valence-corrected chi connectivity index (χ0v) is 14.1. The maximum atomic E-state index is 12.4. The Balaban J connectivity index is 2.39. The van der Waals surface area contributed by atoms with Crippen molar-refractivity contribution in [1.29, 1.82) is 0 Å². The molecule has 2 aromatic rings. The van der Waals surface area contributed by atoms with Crippen molar-refractivity contribution in [1.82, 2.24) is 0 Å². The van der Waals surface area contributed by atoms with Crippen molar-refractivity contribution in [2.45, 2.75) is 13.3 Å². The molecule has 7 heteroatoms. The molecule has 0 bridgehead atoms. The first-order chi connectivity index (χ1) is 12.5. The highest BCUT2D eigenvalue weighted by Crippen LogP contribution is 2.34. The highest BCUT2D eigenvalue weighted by Gasteiger charge is 2.18. The van der Waals surface area contributed by atoms with Gasteiger partial charge in [0.25, 0.3) is 5.69 Å². The molecule has 2 rings (SSSR count). The van der Waals surface area contributed by atoms with Crippen LogP contribution in [0.15, 0.2) is 49.1 Å². The van der Waals surface area contributed by atoms with Crippen LogP contribution in [0.1, 0.15) is 33.2 Å². The third kappa shape index (κ3) is 4.32. The topological polar surface area (TPSA) is 95.7 Å². The van der Waals surface area contributed by atoms with Crippen LogP contribution in [0.5, 0.6) is 11.5 Å². The van der Waals surface area contributed by atoms with Crippen LogP contribution in [-0.4, -0.2) is 23.8 Å². The minimum Gasteiger partial charge on any atom is -0.490 e. The van der Waals surface area contributed by atoms with Crippen LogP contribution in [0.4, 0.5) is 5.69 Å². The average molecular weight is 355 g/mol. The molecular formula is C19H17NO6. The number of aldehydes is 1. The first-order valence-electron chi connectivity index (χ1n) is 7.82. The molecule has 0 aliphatic rings. The van der Waals surface area contributed by atoms with E-state index in [2.05, 4.69) is 6.58 Å². The van der Waals surface area contributed by atoms with E-state index in [-0.39, 0.29) is 22.7 Å². The SMILES string of the molecule is C=CCc1cc(C=O)cc(OCC)c1OC(=O)c1ccc([N+](=O)[O-])cc1. The largest absolute Gasteiger partial charge is 0.490 e. The van der Waals surface area contributed by atoms with E-state index in [1.807, 2.05) is 0 Å². The van der Waals surface area contributed by atoms with Gasteiger partial charge >= 0.3 is 5.97 Å². The van der Waals surface area contributed by atoms with Gasteiger partial charge in [-0.05, 0) is 37.6 Å². The van der Waals surface area contributed by atoms with E-state index in [4.69, 9.17) is 9.47 Å². The molecule has 2 aromatic carbocycles. The van der Waals surface area contributed by atoms with Crippen LogP contribution < -0.4 is 9.47 Å². The van der Waals surface area contributed by atoms with E-state index < -0.39 is 10.9 Å². The van der Waals surface area contributed by atoms with E-state index in [1.54, 1.807) is 19.1 Å². The molecule has 0 amide bonds. The van der Waals surface area contributed by atoms with Gasteiger partial charge < -0.3 is 9.47 Å². The number of ether oxygens (including phenoxy) is 2. The van der Waals surface area contributed by atoms with Gasteiger partial charge in [0.05, 0.1) is 17.1 Å². The molecule has 134 valence electrons. The minimum atomic E-state index is -0.690. The summed E-state index contributed by atoms with van der Waals surface area (Å²) in [6.45, 7) is 5.74. The average Bonchev–Trinajstić information content (AvgIpc) is 2.64. The van der Waals surface area contributed by atoms with Crippen molar-refractivity contribution in [3.05, 3.63) is 75.9 Å². The third-order valence-electron chi connectivity index (χ3n) is 3.46. The van der Waals surface area contributed by atoms with Gasteiger partial charge in [-0.3, -0.25) is 14.9 Å². The number of nitrogens with zero attached hydrogens (tertiary/aromatic N) is 1. The second-order valence-electron chi connectivity index (χ2n) is 5.24. The molecule has 0 N–H and O–H groups in total. The lowest BCUT2D eigenvalue weighted by atomic mass is 10.1. The van der Waals surface area contributed by atoms with E-state index in [0.29, 0.717) is 30.4 Å². The lowest BCUT2D eigenvalue weighted by molar-refractivity contribution is -0.384. The zero-order valence-electron chi connectivity index (χ0n) is 14.1. The fraction of sp³-hybridized carbons (Fsp3) is 0.158. The van der Waals surface area contributed by atoms with Crippen molar-refractivity contribution >= 4 is 17.9 Å². The molecule has 26 heavy (non-hydrogen) atoms.